The van der Waals surface area contributed by atoms with E-state index in [-0.39, 0.29) is 22.8 Å². The molecule has 2 aromatic carbocycles. The molecule has 2 rings (SSSR count). The number of hydrogen-bond donors (Lipinski definition) is 2. The molecule has 0 aliphatic carbocycles. The maximum atomic E-state index is 12.2. The molecule has 0 radical (unpaired) electrons. The lowest BCUT2D eigenvalue weighted by molar-refractivity contribution is 0.102. The Hall–Kier alpha value is -2.94. The Bertz CT molecular complexity index is 876. The molecule has 0 aromatic heterocycles. The zero-order chi connectivity index (χ0) is 18.1. The Balaban J connectivity index is 2.20. The molecule has 6 nitrogen and oxygen atoms in total. The van der Waals surface area contributed by atoms with E-state index in [1.165, 1.54) is 24.3 Å². The average Bonchev–Trinajstić information content (AvgIpc) is 2.56. The summed E-state index contributed by atoms with van der Waals surface area (Å²) in [5.41, 5.74) is -0.579. The average molecular weight is 325 g/mol. The Morgan fingerprint density at radius 2 is 1.62 bits per heavy atom. The van der Waals surface area contributed by atoms with Crippen LogP contribution in [-0.4, -0.2) is 11.9 Å². The number of carbonyl (C=O) groups is 1. The van der Waals surface area contributed by atoms with Crippen LogP contribution < -0.4 is 21.5 Å². The van der Waals surface area contributed by atoms with E-state index in [1.807, 2.05) is 33.8 Å². The van der Waals surface area contributed by atoms with E-state index in [0.29, 0.717) is 11.1 Å². The van der Waals surface area contributed by atoms with Crippen LogP contribution >= 0.6 is 0 Å². The van der Waals surface area contributed by atoms with E-state index >= 15 is 0 Å². The molecule has 0 spiro atoms. The summed E-state index contributed by atoms with van der Waals surface area (Å²) in [6, 6.07) is 7.90. The van der Waals surface area contributed by atoms with Gasteiger partial charge in [0.25, 0.3) is 16.8 Å². The van der Waals surface area contributed by atoms with Crippen LogP contribution in [-0.2, 0) is 0 Å². The first kappa shape index (κ1) is 17.4. The summed E-state index contributed by atoms with van der Waals surface area (Å²) < 4.78 is 0. The first-order chi connectivity index (χ1) is 11.1. The highest BCUT2D eigenvalue weighted by Crippen LogP contribution is 2.25. The van der Waals surface area contributed by atoms with Gasteiger partial charge in [-0.05, 0) is 36.6 Å². The lowest BCUT2D eigenvalue weighted by Gasteiger charge is -2.30. The third-order valence-corrected chi connectivity index (χ3v) is 4.08. The normalized spacial score (nSPS) is 12.5. The Morgan fingerprint density at radius 3 is 2.12 bits per heavy atom. The van der Waals surface area contributed by atoms with Gasteiger partial charge in [0, 0.05) is 11.6 Å². The molecule has 24 heavy (non-hydrogen) atoms. The number of nitriles is 1. The van der Waals surface area contributed by atoms with Crippen LogP contribution in [0.4, 0.5) is 11.4 Å². The van der Waals surface area contributed by atoms with E-state index in [9.17, 15) is 14.4 Å². The number of amides is 1. The first-order valence-electron chi connectivity index (χ1n) is 7.56. The minimum Gasteiger partial charge on any atom is -0.377 e. The number of carbonyl (C=O) groups excluding carboxylic acids is 1. The molecule has 2 N–H and O–H groups in total. The summed E-state index contributed by atoms with van der Waals surface area (Å²) in [5.74, 6) is -0.502. The van der Waals surface area contributed by atoms with Gasteiger partial charge in [-0.3, -0.25) is 14.4 Å². The Labute approximate surface area is 139 Å². The Kier molecular flexibility index (Phi) is 4.56. The fourth-order valence-corrected chi connectivity index (χ4v) is 1.96. The van der Waals surface area contributed by atoms with E-state index in [4.69, 9.17) is 5.26 Å². The molecule has 0 aliphatic heterocycles. The molecule has 1 atom stereocenters. The molecule has 124 valence electrons. The highest BCUT2D eigenvalue weighted by atomic mass is 16.2. The third-order valence-electron chi connectivity index (χ3n) is 4.08. The smallest absolute Gasteiger partial charge is 0.255 e. The van der Waals surface area contributed by atoms with Gasteiger partial charge in [-0.15, -0.1) is 0 Å². The molecular weight excluding hydrogens is 306 g/mol. The number of anilines is 2. The predicted molar refractivity (Wildman–Crippen MR) is 93.0 cm³/mol. The van der Waals surface area contributed by atoms with Crippen LogP contribution in [0.5, 0.6) is 0 Å². The second-order valence-electron chi connectivity index (χ2n) is 6.78. The van der Waals surface area contributed by atoms with Gasteiger partial charge in [0.2, 0.25) is 0 Å². The second kappa shape index (κ2) is 6.28. The maximum absolute atomic E-state index is 12.2. The topological polar surface area (TPSA) is 99.1 Å². The van der Waals surface area contributed by atoms with Gasteiger partial charge in [-0.2, -0.15) is 5.26 Å². The summed E-state index contributed by atoms with van der Waals surface area (Å²) in [4.78, 5) is 35.8. The van der Waals surface area contributed by atoms with Crippen molar-refractivity contribution in [2.24, 2.45) is 5.41 Å². The summed E-state index contributed by atoms with van der Waals surface area (Å²) >= 11 is 0. The molecular formula is C18H19N3O3. The van der Waals surface area contributed by atoms with Crippen LogP contribution in [0.3, 0.4) is 0 Å². The van der Waals surface area contributed by atoms with Crippen molar-refractivity contribution in [3.63, 3.8) is 0 Å². The molecule has 0 heterocycles. The number of nitrogens with zero attached hydrogens (tertiary/aromatic N) is 1. The summed E-state index contributed by atoms with van der Waals surface area (Å²) in [5, 5.41) is 14.3. The molecule has 6 heteroatoms. The van der Waals surface area contributed by atoms with E-state index in [1.54, 1.807) is 0 Å². The summed E-state index contributed by atoms with van der Waals surface area (Å²) in [7, 11) is 0. The molecule has 0 bridgehead atoms. The molecule has 1 unspecified atom stereocenters. The van der Waals surface area contributed by atoms with Crippen LogP contribution in [0.15, 0.2) is 33.9 Å². The largest absolute Gasteiger partial charge is 0.377 e. The van der Waals surface area contributed by atoms with Gasteiger partial charge < -0.3 is 10.6 Å². The minimum atomic E-state index is -0.708. The van der Waals surface area contributed by atoms with Crippen molar-refractivity contribution in [3.8, 4) is 6.07 Å². The lowest BCUT2D eigenvalue weighted by atomic mass is 9.87. The standard InChI is InChI=1S/C18H19N3O3/c1-10(18(2,3)4)20-13-14(16(23)15(13)22)21-17(24)12-7-5-11(9-19)6-8-12/h5-8,10,20H,1-4H3,(H,21,24). The van der Waals surface area contributed by atoms with E-state index in [0.717, 1.165) is 0 Å². The monoisotopic (exact) mass is 325 g/mol. The van der Waals surface area contributed by atoms with Crippen molar-refractivity contribution < 1.29 is 4.79 Å². The van der Waals surface area contributed by atoms with E-state index < -0.39 is 16.8 Å². The lowest BCUT2D eigenvalue weighted by Crippen LogP contribution is -2.42. The Morgan fingerprint density at radius 1 is 1.08 bits per heavy atom. The van der Waals surface area contributed by atoms with Crippen LogP contribution in [0.1, 0.15) is 43.6 Å². The van der Waals surface area contributed by atoms with Gasteiger partial charge in [0.15, 0.2) is 0 Å². The maximum Gasteiger partial charge on any atom is 0.255 e. The molecule has 0 aliphatic rings. The van der Waals surface area contributed by atoms with Gasteiger partial charge >= 0.3 is 0 Å². The zero-order valence-electron chi connectivity index (χ0n) is 14.1. The van der Waals surface area contributed by atoms with Crippen molar-refractivity contribution in [3.05, 3.63) is 55.8 Å². The second-order valence-corrected chi connectivity index (χ2v) is 6.78. The number of nitrogens with one attached hydrogen (secondary N) is 2. The van der Waals surface area contributed by atoms with Crippen molar-refractivity contribution in [1.29, 1.82) is 5.26 Å². The van der Waals surface area contributed by atoms with Gasteiger partial charge in [0.05, 0.1) is 11.6 Å². The SMILES string of the molecule is CC(Nc1c(NC(=O)c2ccc(C#N)cc2)c(=O)c1=O)C(C)(C)C. The molecule has 1 amide bonds. The summed E-state index contributed by atoms with van der Waals surface area (Å²) in [6.45, 7) is 7.92. The zero-order valence-corrected chi connectivity index (χ0v) is 14.1. The highest BCUT2D eigenvalue weighted by molar-refractivity contribution is 6.06. The van der Waals surface area contributed by atoms with Crippen molar-refractivity contribution in [1.82, 2.24) is 0 Å². The number of hydrogen-bond acceptors (Lipinski definition) is 5. The van der Waals surface area contributed by atoms with Crippen LogP contribution in [0.25, 0.3) is 0 Å². The van der Waals surface area contributed by atoms with E-state index in [2.05, 4.69) is 10.6 Å². The quantitative estimate of drug-likeness (QED) is 0.840. The van der Waals surface area contributed by atoms with Crippen molar-refractivity contribution in [2.75, 3.05) is 10.6 Å². The predicted octanol–water partition coefficient (Wildman–Crippen LogP) is 2.25. The van der Waals surface area contributed by atoms with Gasteiger partial charge in [-0.25, -0.2) is 0 Å². The molecule has 2 aromatic rings. The summed E-state index contributed by atoms with van der Waals surface area (Å²) in [6.07, 6.45) is 0. The molecule has 0 saturated carbocycles. The van der Waals surface area contributed by atoms with Crippen molar-refractivity contribution >= 4 is 17.3 Å². The third kappa shape index (κ3) is 3.35. The van der Waals surface area contributed by atoms with Crippen LogP contribution in [0.2, 0.25) is 0 Å². The number of rotatable bonds is 4. The first-order valence-corrected chi connectivity index (χ1v) is 7.56. The van der Waals surface area contributed by atoms with Crippen LogP contribution in [0, 0.1) is 16.7 Å². The molecule has 0 saturated heterocycles. The van der Waals surface area contributed by atoms with Gasteiger partial charge in [-0.1, -0.05) is 20.8 Å². The fourth-order valence-electron chi connectivity index (χ4n) is 1.96. The fraction of sp³-hybridized carbons (Fsp3) is 0.333. The highest BCUT2D eigenvalue weighted by Gasteiger charge is 2.27. The van der Waals surface area contributed by atoms with Gasteiger partial charge in [0.1, 0.15) is 11.4 Å². The molecule has 0 fully saturated rings. The minimum absolute atomic E-state index is 0.00883. The number of benzene rings is 1. The van der Waals surface area contributed by atoms with Crippen molar-refractivity contribution in [2.45, 2.75) is 33.7 Å².